The van der Waals surface area contributed by atoms with Gasteiger partial charge in [0.25, 0.3) is 0 Å². The van der Waals surface area contributed by atoms with Crippen LogP contribution in [0, 0.1) is 0 Å². The Morgan fingerprint density at radius 1 is 0.923 bits per heavy atom. The van der Waals surface area contributed by atoms with Crippen LogP contribution in [0.5, 0.6) is 0 Å². The van der Waals surface area contributed by atoms with Crippen molar-refractivity contribution in [2.75, 3.05) is 13.2 Å². The SMILES string of the molecule is OCCCCCCCCCN=C=S. The zero-order chi connectivity index (χ0) is 9.78. The van der Waals surface area contributed by atoms with E-state index in [1.54, 1.807) is 0 Å². The van der Waals surface area contributed by atoms with Gasteiger partial charge < -0.3 is 5.11 Å². The molecular weight excluding hydrogens is 182 g/mol. The molecule has 76 valence electrons. The second kappa shape index (κ2) is 11.8. The van der Waals surface area contributed by atoms with Gasteiger partial charge >= 0.3 is 0 Å². The van der Waals surface area contributed by atoms with Gasteiger partial charge in [0.15, 0.2) is 0 Å². The maximum atomic E-state index is 8.54. The Kier molecular flexibility index (Phi) is 11.5. The molecule has 0 saturated carbocycles. The fourth-order valence-corrected chi connectivity index (χ4v) is 1.32. The average molecular weight is 201 g/mol. The van der Waals surface area contributed by atoms with E-state index in [0.717, 1.165) is 25.8 Å². The Morgan fingerprint density at radius 3 is 2.00 bits per heavy atom. The largest absolute Gasteiger partial charge is 0.396 e. The summed E-state index contributed by atoms with van der Waals surface area (Å²) in [5.74, 6) is 0. The number of hydrogen-bond acceptors (Lipinski definition) is 3. The lowest BCUT2D eigenvalue weighted by molar-refractivity contribution is 0.282. The fourth-order valence-electron chi connectivity index (χ4n) is 1.23. The molecule has 0 unspecified atom stereocenters. The number of aliphatic hydroxyl groups is 1. The summed E-state index contributed by atoms with van der Waals surface area (Å²) < 4.78 is 0. The molecular formula is C10H19NOS. The molecule has 0 saturated heterocycles. The van der Waals surface area contributed by atoms with Crippen molar-refractivity contribution >= 4 is 17.4 Å². The van der Waals surface area contributed by atoms with Crippen molar-refractivity contribution in [3.63, 3.8) is 0 Å². The van der Waals surface area contributed by atoms with Gasteiger partial charge in [0, 0.05) is 13.2 Å². The summed E-state index contributed by atoms with van der Waals surface area (Å²) in [6.07, 6.45) is 8.28. The van der Waals surface area contributed by atoms with E-state index in [2.05, 4.69) is 22.4 Å². The van der Waals surface area contributed by atoms with Crippen molar-refractivity contribution in [3.8, 4) is 0 Å². The zero-order valence-electron chi connectivity index (χ0n) is 8.17. The van der Waals surface area contributed by atoms with Gasteiger partial charge in [-0.2, -0.15) is 0 Å². The van der Waals surface area contributed by atoms with Crippen molar-refractivity contribution < 1.29 is 5.11 Å². The van der Waals surface area contributed by atoms with Gasteiger partial charge in [-0.25, -0.2) is 4.99 Å². The third kappa shape index (κ3) is 11.8. The highest BCUT2D eigenvalue weighted by Gasteiger charge is 1.90. The zero-order valence-corrected chi connectivity index (χ0v) is 8.98. The molecule has 0 aliphatic heterocycles. The summed E-state index contributed by atoms with van der Waals surface area (Å²) in [7, 11) is 0. The average Bonchev–Trinajstić information content (AvgIpc) is 2.16. The van der Waals surface area contributed by atoms with Crippen molar-refractivity contribution in [3.05, 3.63) is 0 Å². The van der Waals surface area contributed by atoms with Gasteiger partial charge in [0.1, 0.15) is 0 Å². The molecule has 3 heteroatoms. The van der Waals surface area contributed by atoms with Crippen LogP contribution in [0.3, 0.4) is 0 Å². The number of aliphatic imine (C=N–C) groups is 1. The molecule has 0 spiro atoms. The first-order valence-electron chi connectivity index (χ1n) is 5.06. The highest BCUT2D eigenvalue weighted by molar-refractivity contribution is 7.78. The number of isothiocyanates is 1. The lowest BCUT2D eigenvalue weighted by Crippen LogP contribution is -1.85. The van der Waals surface area contributed by atoms with Gasteiger partial charge in [-0.15, -0.1) is 0 Å². The highest BCUT2D eigenvalue weighted by atomic mass is 32.1. The molecule has 0 heterocycles. The summed E-state index contributed by atoms with van der Waals surface area (Å²) in [4.78, 5) is 3.85. The first kappa shape index (κ1) is 12.8. The molecule has 1 N–H and O–H groups in total. The summed E-state index contributed by atoms with van der Waals surface area (Å²) in [6.45, 7) is 1.17. The molecule has 0 aliphatic carbocycles. The van der Waals surface area contributed by atoms with Gasteiger partial charge in [0.05, 0.1) is 5.16 Å². The number of rotatable bonds is 9. The second-order valence-electron chi connectivity index (χ2n) is 3.17. The standard InChI is InChI=1S/C10H19NOS/c12-9-7-5-3-1-2-4-6-8-11-10-13/h12H,1-9H2. The molecule has 2 nitrogen and oxygen atoms in total. The maximum Gasteiger partial charge on any atom is 0.0584 e. The van der Waals surface area contributed by atoms with Crippen LogP contribution >= 0.6 is 12.2 Å². The van der Waals surface area contributed by atoms with Crippen LogP contribution in [0.4, 0.5) is 0 Å². The minimum absolute atomic E-state index is 0.337. The summed E-state index contributed by atoms with van der Waals surface area (Å²) in [5.41, 5.74) is 0. The lowest BCUT2D eigenvalue weighted by Gasteiger charge is -1.98. The third-order valence-electron chi connectivity index (χ3n) is 1.99. The molecule has 0 amide bonds. The Hall–Kier alpha value is -0.240. The fraction of sp³-hybridized carbons (Fsp3) is 0.900. The van der Waals surface area contributed by atoms with Gasteiger partial charge in [-0.05, 0) is 25.1 Å². The number of unbranched alkanes of at least 4 members (excludes halogenated alkanes) is 6. The topological polar surface area (TPSA) is 32.6 Å². The van der Waals surface area contributed by atoms with E-state index >= 15 is 0 Å². The van der Waals surface area contributed by atoms with Crippen LogP contribution < -0.4 is 0 Å². The van der Waals surface area contributed by atoms with Crippen LogP contribution in [0.1, 0.15) is 44.9 Å². The third-order valence-corrected chi connectivity index (χ3v) is 2.12. The molecule has 0 aromatic heterocycles. The molecule has 13 heavy (non-hydrogen) atoms. The van der Waals surface area contributed by atoms with Gasteiger partial charge in [-0.1, -0.05) is 32.1 Å². The quantitative estimate of drug-likeness (QED) is 0.353. The highest BCUT2D eigenvalue weighted by Crippen LogP contribution is 2.06. The van der Waals surface area contributed by atoms with Crippen LogP contribution in [0.15, 0.2) is 4.99 Å². The number of thiocarbonyl (C=S) groups is 1. The molecule has 0 rings (SSSR count). The number of nitrogens with zero attached hydrogens (tertiary/aromatic N) is 1. The molecule has 0 radical (unpaired) electrons. The summed E-state index contributed by atoms with van der Waals surface area (Å²) in [6, 6.07) is 0. The Bertz CT molecular complexity index is 144. The van der Waals surface area contributed by atoms with Crippen molar-refractivity contribution in [1.82, 2.24) is 0 Å². The monoisotopic (exact) mass is 201 g/mol. The molecule has 0 fully saturated rings. The molecule has 0 aromatic rings. The minimum atomic E-state index is 0.337. The lowest BCUT2D eigenvalue weighted by atomic mass is 10.1. The number of aliphatic hydroxyl groups excluding tert-OH is 1. The van der Waals surface area contributed by atoms with E-state index in [4.69, 9.17) is 5.11 Å². The Balaban J connectivity index is 2.87. The van der Waals surface area contributed by atoms with Crippen LogP contribution in [0.2, 0.25) is 0 Å². The van der Waals surface area contributed by atoms with Gasteiger partial charge in [-0.3, -0.25) is 0 Å². The van der Waals surface area contributed by atoms with E-state index in [9.17, 15) is 0 Å². The van der Waals surface area contributed by atoms with Gasteiger partial charge in [0.2, 0.25) is 0 Å². The predicted octanol–water partition coefficient (Wildman–Crippen LogP) is 2.81. The molecule has 0 aromatic carbocycles. The normalized spacial score (nSPS) is 9.62. The Morgan fingerprint density at radius 2 is 1.46 bits per heavy atom. The summed E-state index contributed by atoms with van der Waals surface area (Å²) in [5, 5.41) is 10.9. The first-order chi connectivity index (χ1) is 6.41. The minimum Gasteiger partial charge on any atom is -0.396 e. The smallest absolute Gasteiger partial charge is 0.0584 e. The number of hydrogen-bond donors (Lipinski definition) is 1. The van der Waals surface area contributed by atoms with Crippen LogP contribution in [0.25, 0.3) is 0 Å². The van der Waals surface area contributed by atoms with Crippen molar-refractivity contribution in [1.29, 1.82) is 0 Å². The van der Waals surface area contributed by atoms with Crippen LogP contribution in [-0.2, 0) is 0 Å². The molecule has 0 aliphatic rings. The van der Waals surface area contributed by atoms with Crippen LogP contribution in [-0.4, -0.2) is 23.4 Å². The van der Waals surface area contributed by atoms with Crippen molar-refractivity contribution in [2.24, 2.45) is 4.99 Å². The van der Waals surface area contributed by atoms with E-state index in [-0.39, 0.29) is 0 Å². The maximum absolute atomic E-state index is 8.54. The van der Waals surface area contributed by atoms with Crippen molar-refractivity contribution in [2.45, 2.75) is 44.9 Å². The predicted molar refractivity (Wildman–Crippen MR) is 59.3 cm³/mol. The first-order valence-corrected chi connectivity index (χ1v) is 5.47. The Labute approximate surface area is 86.1 Å². The summed E-state index contributed by atoms with van der Waals surface area (Å²) >= 11 is 4.46. The second-order valence-corrected chi connectivity index (χ2v) is 3.35. The van der Waals surface area contributed by atoms with E-state index < -0.39 is 0 Å². The van der Waals surface area contributed by atoms with E-state index in [1.807, 2.05) is 0 Å². The van der Waals surface area contributed by atoms with E-state index in [0.29, 0.717) is 6.61 Å². The molecule has 0 atom stereocenters. The van der Waals surface area contributed by atoms with E-state index in [1.165, 1.54) is 25.7 Å². The molecule has 0 bridgehead atoms.